The van der Waals surface area contributed by atoms with E-state index in [2.05, 4.69) is 21.8 Å². The predicted molar refractivity (Wildman–Crippen MR) is 126 cm³/mol. The number of fused-ring (bicyclic) bond motifs is 1. The molecule has 0 saturated carbocycles. The number of benzene rings is 1. The molecule has 1 aromatic heterocycles. The van der Waals surface area contributed by atoms with E-state index in [0.29, 0.717) is 24.3 Å². The maximum absolute atomic E-state index is 13.0. The Morgan fingerprint density at radius 1 is 1.13 bits per heavy atom. The van der Waals surface area contributed by atoms with Crippen molar-refractivity contribution in [2.75, 3.05) is 59.4 Å². The van der Waals surface area contributed by atoms with Crippen molar-refractivity contribution in [3.8, 4) is 0 Å². The quantitative estimate of drug-likeness (QED) is 0.762. The highest BCUT2D eigenvalue weighted by molar-refractivity contribution is 5.99. The summed E-state index contributed by atoms with van der Waals surface area (Å²) >= 11 is 0. The van der Waals surface area contributed by atoms with Gasteiger partial charge in [0.2, 0.25) is 5.91 Å². The van der Waals surface area contributed by atoms with Gasteiger partial charge in [0, 0.05) is 56.0 Å². The first-order valence-corrected chi connectivity index (χ1v) is 11.0. The van der Waals surface area contributed by atoms with Gasteiger partial charge in [0.05, 0.1) is 1.37 Å². The van der Waals surface area contributed by atoms with Crippen LogP contribution in [0.3, 0.4) is 0 Å². The molecule has 0 spiro atoms. The lowest BCUT2D eigenvalue weighted by atomic mass is 10.0. The van der Waals surface area contributed by atoms with Gasteiger partial charge in [-0.1, -0.05) is 6.07 Å². The first kappa shape index (κ1) is 22.1. The number of hydrogen-bond donors (Lipinski definition) is 1. The number of aromatic nitrogens is 1. The topological polar surface area (TPSA) is 62.9 Å². The van der Waals surface area contributed by atoms with Gasteiger partial charge in [0.25, 0.3) is 5.91 Å². The molecule has 2 saturated heterocycles. The number of amides is 2. The van der Waals surface area contributed by atoms with E-state index in [1.165, 1.54) is 12.8 Å². The molecule has 0 aliphatic carbocycles. The number of rotatable bonds is 5. The smallest absolute Gasteiger partial charge is 0.254 e. The van der Waals surface area contributed by atoms with Gasteiger partial charge >= 0.3 is 0 Å². The van der Waals surface area contributed by atoms with Gasteiger partial charge in [0.1, 0.15) is 6.54 Å². The van der Waals surface area contributed by atoms with Gasteiger partial charge < -0.3 is 19.7 Å². The second-order valence-corrected chi connectivity index (χ2v) is 8.49. The Hall–Kier alpha value is -2.09. The molecule has 2 aliphatic heterocycles. The fraction of sp³-hybridized carbons (Fsp3) is 0.565. The Labute approximate surface area is 192 Å². The molecule has 4 rings (SSSR count). The maximum atomic E-state index is 13.0. The predicted octanol–water partition coefficient (Wildman–Crippen LogP) is 2.29. The van der Waals surface area contributed by atoms with Gasteiger partial charge in [-0.15, -0.1) is 12.4 Å². The number of carbonyl (C=O) groups is 2. The first-order chi connectivity index (χ1) is 14.9. The Kier molecular flexibility index (Phi) is 7.48. The summed E-state index contributed by atoms with van der Waals surface area (Å²) in [5, 5.41) is 0.906. The van der Waals surface area contributed by atoms with Crippen LogP contribution in [-0.4, -0.2) is 102 Å². The Balaban J connectivity index is 0.00000289. The van der Waals surface area contributed by atoms with E-state index >= 15 is 0 Å². The van der Waals surface area contributed by atoms with E-state index in [1.54, 1.807) is 23.1 Å². The van der Waals surface area contributed by atoms with Crippen LogP contribution < -0.4 is 0 Å². The number of carbonyl (C=O) groups excluding carboxylic acids is 2. The van der Waals surface area contributed by atoms with Crippen molar-refractivity contribution in [3.05, 3.63) is 36.0 Å². The third-order valence-corrected chi connectivity index (χ3v) is 6.60. The van der Waals surface area contributed by atoms with Gasteiger partial charge in [-0.2, -0.15) is 0 Å². The lowest BCUT2D eigenvalue weighted by molar-refractivity contribution is -0.134. The molecule has 1 N–H and O–H groups in total. The highest BCUT2D eigenvalue weighted by atomic mass is 35.5. The molecule has 2 amide bonds. The summed E-state index contributed by atoms with van der Waals surface area (Å²) in [7, 11) is 2.18. The fourth-order valence-electron chi connectivity index (χ4n) is 4.58. The van der Waals surface area contributed by atoms with Crippen molar-refractivity contribution in [1.29, 1.82) is 0 Å². The number of nitrogens with zero attached hydrogens (tertiary/aromatic N) is 4. The molecule has 31 heavy (non-hydrogen) atoms. The molecule has 1 aromatic carbocycles. The van der Waals surface area contributed by atoms with Crippen molar-refractivity contribution < 1.29 is 11.0 Å². The standard InChI is InChI=1S/C23H33N5O2.ClH/c1-3-26(23(30)19-5-4-18-6-9-24-21(18)16-19)17-22(29)28-14-12-27(13-15-28)20-7-10-25(2)11-8-20;/h4-6,9,16,20,24H,3,7-8,10-15,17H2,1-2H3;1H/i9D;. The molecular weight excluding hydrogens is 414 g/mol. The molecule has 2 fully saturated rings. The van der Waals surface area contributed by atoms with E-state index in [-0.39, 0.29) is 30.8 Å². The highest BCUT2D eigenvalue weighted by Crippen LogP contribution is 2.18. The minimum atomic E-state index is -0.149. The van der Waals surface area contributed by atoms with Crippen LogP contribution in [-0.2, 0) is 4.79 Å². The van der Waals surface area contributed by atoms with Crippen LogP contribution in [0.4, 0.5) is 0 Å². The lowest BCUT2D eigenvalue weighted by Crippen LogP contribution is -2.55. The number of aromatic amines is 1. The van der Waals surface area contributed by atoms with Crippen LogP contribution in [0.25, 0.3) is 10.9 Å². The van der Waals surface area contributed by atoms with Crippen LogP contribution in [0, 0.1) is 0 Å². The molecular formula is C23H34ClN5O2. The number of hydrogen-bond acceptors (Lipinski definition) is 4. The van der Waals surface area contributed by atoms with Crippen LogP contribution in [0.1, 0.15) is 31.5 Å². The summed E-state index contributed by atoms with van der Waals surface area (Å²) in [6.07, 6.45) is 2.73. The summed E-state index contributed by atoms with van der Waals surface area (Å²) < 4.78 is 7.71. The second kappa shape index (κ2) is 10.5. The molecule has 0 radical (unpaired) electrons. The van der Waals surface area contributed by atoms with Crippen molar-refractivity contribution in [2.24, 2.45) is 0 Å². The van der Waals surface area contributed by atoms with Crippen molar-refractivity contribution in [2.45, 2.75) is 25.8 Å². The Morgan fingerprint density at radius 3 is 2.52 bits per heavy atom. The van der Waals surface area contributed by atoms with Gasteiger partial charge in [-0.3, -0.25) is 14.5 Å². The average Bonchev–Trinajstić information content (AvgIpc) is 3.16. The van der Waals surface area contributed by atoms with E-state index in [0.717, 1.165) is 50.2 Å². The molecule has 8 heteroatoms. The summed E-state index contributed by atoms with van der Waals surface area (Å²) in [4.78, 5) is 37.3. The normalized spacial score (nSPS) is 19.2. The number of piperazine rings is 1. The maximum Gasteiger partial charge on any atom is 0.254 e. The molecule has 0 bridgehead atoms. The number of likely N-dealkylation sites (N-methyl/N-ethyl adjacent to an activating group) is 1. The fourth-order valence-corrected chi connectivity index (χ4v) is 4.58. The second-order valence-electron chi connectivity index (χ2n) is 8.49. The van der Waals surface area contributed by atoms with Gasteiger partial charge in [-0.25, -0.2) is 0 Å². The van der Waals surface area contributed by atoms with Crippen LogP contribution in [0.15, 0.2) is 30.4 Å². The van der Waals surface area contributed by atoms with E-state index in [1.807, 2.05) is 17.9 Å². The molecule has 0 atom stereocenters. The summed E-state index contributed by atoms with van der Waals surface area (Å²) in [6, 6.07) is 7.74. The van der Waals surface area contributed by atoms with E-state index < -0.39 is 0 Å². The zero-order chi connectivity index (χ0) is 22.0. The van der Waals surface area contributed by atoms with E-state index in [4.69, 9.17) is 1.37 Å². The largest absolute Gasteiger partial charge is 0.361 e. The number of H-pyrrole nitrogens is 1. The van der Waals surface area contributed by atoms with Crippen molar-refractivity contribution in [1.82, 2.24) is 24.6 Å². The highest BCUT2D eigenvalue weighted by Gasteiger charge is 2.29. The SMILES string of the molecule is Cl.[2H]c1cc2ccc(C(=O)N(CC)CC(=O)N3CCN(C4CCN(C)CC4)CC3)cc2[nH]1. The molecule has 3 heterocycles. The van der Waals surface area contributed by atoms with Crippen molar-refractivity contribution in [3.63, 3.8) is 0 Å². The number of likely N-dealkylation sites (tertiary alicyclic amines) is 1. The number of piperidine rings is 1. The summed E-state index contributed by atoms with van der Waals surface area (Å²) in [6.45, 7) is 8.08. The molecule has 2 aromatic rings. The lowest BCUT2D eigenvalue weighted by Gasteiger charge is -2.42. The van der Waals surface area contributed by atoms with Crippen LogP contribution >= 0.6 is 12.4 Å². The summed E-state index contributed by atoms with van der Waals surface area (Å²) in [5.74, 6) is -0.128. The zero-order valence-electron chi connectivity index (χ0n) is 19.5. The van der Waals surface area contributed by atoms with Crippen molar-refractivity contribution >= 4 is 35.1 Å². The minimum Gasteiger partial charge on any atom is -0.361 e. The van der Waals surface area contributed by atoms with Crippen LogP contribution in [0.5, 0.6) is 0 Å². The zero-order valence-corrected chi connectivity index (χ0v) is 19.3. The first-order valence-electron chi connectivity index (χ1n) is 11.5. The monoisotopic (exact) mass is 448 g/mol. The molecule has 7 nitrogen and oxygen atoms in total. The average molecular weight is 449 g/mol. The third-order valence-electron chi connectivity index (χ3n) is 6.60. The Morgan fingerprint density at radius 2 is 1.84 bits per heavy atom. The third kappa shape index (κ3) is 5.40. The molecule has 0 unspecified atom stereocenters. The minimum absolute atomic E-state index is 0. The number of halogens is 1. The summed E-state index contributed by atoms with van der Waals surface area (Å²) in [5.41, 5.74) is 1.30. The van der Waals surface area contributed by atoms with E-state index in [9.17, 15) is 9.59 Å². The molecule has 170 valence electrons. The Bertz CT molecular complexity index is 936. The molecule has 2 aliphatic rings. The van der Waals surface area contributed by atoms with Gasteiger partial charge in [0.15, 0.2) is 0 Å². The number of nitrogens with one attached hydrogen (secondary N) is 1. The van der Waals surface area contributed by atoms with Crippen LogP contribution in [0.2, 0.25) is 0 Å². The van der Waals surface area contributed by atoms with Gasteiger partial charge in [-0.05, 0) is 63.5 Å².